The van der Waals surface area contributed by atoms with E-state index < -0.39 is 17.0 Å². The number of ether oxygens (including phenoxy) is 1. The Hall–Kier alpha value is -2.31. The Bertz CT molecular complexity index is 787. The van der Waals surface area contributed by atoms with E-state index in [1.165, 1.54) is 12.1 Å². The molecule has 6 heteroatoms. The zero-order valence-corrected chi connectivity index (χ0v) is 15.0. The Morgan fingerprint density at radius 1 is 1.04 bits per heavy atom. The standard InChI is InChI=1S/C21H23F2NO3/c22-18-6-5-17(13-19(18)23)16-3-1-15(2-4-16)14-21(7-11-27-12-8-21)20(26)24-9-10-25/h1-6,13,25H,7-12,14H2,(H,24,26). The van der Waals surface area contributed by atoms with Crippen molar-refractivity contribution in [1.82, 2.24) is 5.32 Å². The Kier molecular flexibility index (Phi) is 6.19. The molecule has 0 saturated carbocycles. The van der Waals surface area contributed by atoms with Gasteiger partial charge in [0.05, 0.1) is 12.0 Å². The molecule has 2 N–H and O–H groups in total. The zero-order valence-electron chi connectivity index (χ0n) is 15.0. The Labute approximate surface area is 157 Å². The maximum Gasteiger partial charge on any atom is 0.226 e. The summed E-state index contributed by atoms with van der Waals surface area (Å²) in [5.41, 5.74) is 1.81. The third kappa shape index (κ3) is 4.51. The molecule has 2 aromatic carbocycles. The molecule has 0 aliphatic carbocycles. The van der Waals surface area contributed by atoms with Crippen molar-refractivity contribution in [3.8, 4) is 11.1 Å². The van der Waals surface area contributed by atoms with Crippen molar-refractivity contribution in [2.75, 3.05) is 26.4 Å². The van der Waals surface area contributed by atoms with E-state index in [1.807, 2.05) is 24.3 Å². The number of halogens is 2. The number of hydrogen-bond donors (Lipinski definition) is 2. The van der Waals surface area contributed by atoms with Crippen LogP contribution in [0.5, 0.6) is 0 Å². The number of rotatable bonds is 6. The largest absolute Gasteiger partial charge is 0.395 e. The zero-order chi connectivity index (χ0) is 19.3. The summed E-state index contributed by atoms with van der Waals surface area (Å²) in [6.07, 6.45) is 1.80. The van der Waals surface area contributed by atoms with Gasteiger partial charge in [-0.25, -0.2) is 8.78 Å². The lowest BCUT2D eigenvalue weighted by Crippen LogP contribution is -2.46. The first-order valence-corrected chi connectivity index (χ1v) is 9.05. The minimum absolute atomic E-state index is 0.0652. The van der Waals surface area contributed by atoms with E-state index in [4.69, 9.17) is 9.84 Å². The van der Waals surface area contributed by atoms with Gasteiger partial charge < -0.3 is 15.2 Å². The quantitative estimate of drug-likeness (QED) is 0.816. The first-order valence-electron chi connectivity index (χ1n) is 9.05. The van der Waals surface area contributed by atoms with Crippen molar-refractivity contribution >= 4 is 5.91 Å². The Balaban J connectivity index is 1.78. The Morgan fingerprint density at radius 3 is 2.33 bits per heavy atom. The number of aliphatic hydroxyl groups excluding tert-OH is 1. The average molecular weight is 375 g/mol. The van der Waals surface area contributed by atoms with Gasteiger partial charge in [-0.3, -0.25) is 4.79 Å². The van der Waals surface area contributed by atoms with E-state index in [9.17, 15) is 13.6 Å². The fourth-order valence-corrected chi connectivity index (χ4v) is 3.48. The van der Waals surface area contributed by atoms with E-state index in [-0.39, 0.29) is 19.1 Å². The highest BCUT2D eigenvalue weighted by atomic mass is 19.2. The van der Waals surface area contributed by atoms with Gasteiger partial charge in [0, 0.05) is 19.8 Å². The molecule has 0 unspecified atom stereocenters. The number of amides is 1. The van der Waals surface area contributed by atoms with Crippen molar-refractivity contribution in [2.24, 2.45) is 5.41 Å². The highest BCUT2D eigenvalue weighted by Crippen LogP contribution is 2.35. The van der Waals surface area contributed by atoms with Crippen LogP contribution in [-0.2, 0) is 16.0 Å². The number of carbonyl (C=O) groups excluding carboxylic acids is 1. The molecule has 0 spiro atoms. The summed E-state index contributed by atoms with van der Waals surface area (Å²) in [5.74, 6) is -1.81. The lowest BCUT2D eigenvalue weighted by molar-refractivity contribution is -0.136. The molecule has 0 atom stereocenters. The fraction of sp³-hybridized carbons (Fsp3) is 0.381. The summed E-state index contributed by atoms with van der Waals surface area (Å²) in [5, 5.41) is 11.8. The molecular weight excluding hydrogens is 352 g/mol. The molecule has 144 valence electrons. The summed E-state index contributed by atoms with van der Waals surface area (Å²) < 4.78 is 32.0. The van der Waals surface area contributed by atoms with Gasteiger partial charge >= 0.3 is 0 Å². The molecule has 27 heavy (non-hydrogen) atoms. The number of aliphatic hydroxyl groups is 1. The molecule has 1 fully saturated rings. The molecule has 1 amide bonds. The van der Waals surface area contributed by atoms with Crippen LogP contribution in [0.25, 0.3) is 11.1 Å². The second-order valence-corrected chi connectivity index (χ2v) is 6.87. The second-order valence-electron chi connectivity index (χ2n) is 6.87. The SMILES string of the molecule is O=C(NCCO)C1(Cc2ccc(-c3ccc(F)c(F)c3)cc2)CCOCC1. The molecule has 4 nitrogen and oxygen atoms in total. The van der Waals surface area contributed by atoms with Gasteiger partial charge in [0.15, 0.2) is 11.6 Å². The lowest BCUT2D eigenvalue weighted by Gasteiger charge is -2.36. The van der Waals surface area contributed by atoms with Gasteiger partial charge in [-0.1, -0.05) is 30.3 Å². The minimum atomic E-state index is -0.877. The summed E-state index contributed by atoms with van der Waals surface area (Å²) in [7, 11) is 0. The van der Waals surface area contributed by atoms with Gasteiger partial charge in [0.25, 0.3) is 0 Å². The van der Waals surface area contributed by atoms with Crippen molar-refractivity contribution in [1.29, 1.82) is 0 Å². The molecule has 0 bridgehead atoms. The van der Waals surface area contributed by atoms with E-state index in [1.54, 1.807) is 0 Å². The van der Waals surface area contributed by atoms with Gasteiger partial charge in [0.2, 0.25) is 5.91 Å². The normalized spacial score (nSPS) is 16.1. The summed E-state index contributed by atoms with van der Waals surface area (Å²) in [6.45, 7) is 1.19. The molecule has 2 aromatic rings. The Morgan fingerprint density at radius 2 is 1.70 bits per heavy atom. The monoisotopic (exact) mass is 375 g/mol. The van der Waals surface area contributed by atoms with Crippen LogP contribution in [0.1, 0.15) is 18.4 Å². The molecular formula is C21H23F2NO3. The minimum Gasteiger partial charge on any atom is -0.395 e. The summed E-state index contributed by atoms with van der Waals surface area (Å²) >= 11 is 0. The smallest absolute Gasteiger partial charge is 0.226 e. The maximum absolute atomic E-state index is 13.4. The van der Waals surface area contributed by atoms with Crippen LogP contribution < -0.4 is 5.32 Å². The molecule has 0 radical (unpaired) electrons. The van der Waals surface area contributed by atoms with Crippen molar-refractivity contribution in [3.05, 3.63) is 59.7 Å². The van der Waals surface area contributed by atoms with Gasteiger partial charge in [-0.15, -0.1) is 0 Å². The number of nitrogens with one attached hydrogen (secondary N) is 1. The van der Waals surface area contributed by atoms with Crippen molar-refractivity contribution in [3.63, 3.8) is 0 Å². The predicted octanol–water partition coefficient (Wildman–Crippen LogP) is 3.08. The van der Waals surface area contributed by atoms with Crippen molar-refractivity contribution < 1.29 is 23.4 Å². The average Bonchev–Trinajstić information content (AvgIpc) is 2.69. The van der Waals surface area contributed by atoms with Crippen molar-refractivity contribution in [2.45, 2.75) is 19.3 Å². The van der Waals surface area contributed by atoms with E-state index in [2.05, 4.69) is 5.32 Å². The van der Waals surface area contributed by atoms with Crippen LogP contribution in [-0.4, -0.2) is 37.4 Å². The third-order valence-corrected chi connectivity index (χ3v) is 5.08. The van der Waals surface area contributed by atoms with E-state index >= 15 is 0 Å². The van der Waals surface area contributed by atoms with Crippen LogP contribution in [0, 0.1) is 17.0 Å². The molecule has 1 heterocycles. The highest BCUT2D eigenvalue weighted by Gasteiger charge is 2.39. The van der Waals surface area contributed by atoms with Gasteiger partial charge in [-0.05, 0) is 48.1 Å². The maximum atomic E-state index is 13.4. The van der Waals surface area contributed by atoms with Crippen LogP contribution in [0.15, 0.2) is 42.5 Å². The third-order valence-electron chi connectivity index (χ3n) is 5.08. The van der Waals surface area contributed by atoms with Crippen LogP contribution in [0.4, 0.5) is 8.78 Å². The van der Waals surface area contributed by atoms with Gasteiger partial charge in [0.1, 0.15) is 0 Å². The number of benzene rings is 2. The molecule has 1 saturated heterocycles. The first-order chi connectivity index (χ1) is 13.0. The van der Waals surface area contributed by atoms with Crippen LogP contribution in [0.2, 0.25) is 0 Å². The topological polar surface area (TPSA) is 58.6 Å². The van der Waals surface area contributed by atoms with E-state index in [0.717, 1.165) is 17.2 Å². The summed E-state index contributed by atoms with van der Waals surface area (Å²) in [6, 6.07) is 11.3. The molecule has 1 aliphatic heterocycles. The first kappa shape index (κ1) is 19.5. The lowest BCUT2D eigenvalue weighted by atomic mass is 9.74. The molecule has 0 aromatic heterocycles. The van der Waals surface area contributed by atoms with E-state index in [0.29, 0.717) is 38.0 Å². The van der Waals surface area contributed by atoms with Gasteiger partial charge in [-0.2, -0.15) is 0 Å². The second kappa shape index (κ2) is 8.59. The number of carbonyl (C=O) groups is 1. The fourth-order valence-electron chi connectivity index (χ4n) is 3.48. The van der Waals surface area contributed by atoms with Crippen LogP contribution in [0.3, 0.4) is 0 Å². The molecule has 3 rings (SSSR count). The molecule has 1 aliphatic rings. The number of hydrogen-bond acceptors (Lipinski definition) is 3. The van der Waals surface area contributed by atoms with Crippen LogP contribution >= 0.6 is 0 Å². The highest BCUT2D eigenvalue weighted by molar-refractivity contribution is 5.83. The summed E-state index contributed by atoms with van der Waals surface area (Å²) in [4.78, 5) is 12.7. The predicted molar refractivity (Wildman–Crippen MR) is 98.1 cm³/mol.